The van der Waals surface area contributed by atoms with E-state index in [1.807, 2.05) is 18.2 Å². The summed E-state index contributed by atoms with van der Waals surface area (Å²) in [6.07, 6.45) is 6.54. The molecule has 0 spiro atoms. The first-order valence-corrected chi connectivity index (χ1v) is 8.87. The van der Waals surface area contributed by atoms with E-state index in [1.165, 1.54) is 11.1 Å². The summed E-state index contributed by atoms with van der Waals surface area (Å²) < 4.78 is 5.24. The van der Waals surface area contributed by atoms with Gasteiger partial charge in [0.2, 0.25) is 17.6 Å². The SMILES string of the molecule is O=C(CC1CCc2ccccc21)NCCc1nc(-c2cccnc2)no1. The molecule has 3 aromatic rings. The number of amides is 1. The average Bonchev–Trinajstić information content (AvgIpc) is 3.30. The van der Waals surface area contributed by atoms with Gasteiger partial charge >= 0.3 is 0 Å². The van der Waals surface area contributed by atoms with Gasteiger partial charge in [-0.15, -0.1) is 0 Å². The van der Waals surface area contributed by atoms with Crippen LogP contribution >= 0.6 is 0 Å². The third kappa shape index (κ3) is 3.64. The number of aryl methyl sites for hydroxylation is 1. The fourth-order valence-electron chi connectivity index (χ4n) is 3.43. The van der Waals surface area contributed by atoms with Gasteiger partial charge in [-0.25, -0.2) is 0 Å². The van der Waals surface area contributed by atoms with Crippen LogP contribution in [0.3, 0.4) is 0 Å². The van der Waals surface area contributed by atoms with Gasteiger partial charge in [0, 0.05) is 37.3 Å². The van der Waals surface area contributed by atoms with E-state index in [9.17, 15) is 4.79 Å². The molecule has 1 atom stereocenters. The molecule has 2 heterocycles. The molecule has 1 amide bonds. The molecule has 0 saturated carbocycles. The number of pyridine rings is 1. The van der Waals surface area contributed by atoms with Crippen molar-refractivity contribution in [2.24, 2.45) is 0 Å². The summed E-state index contributed by atoms with van der Waals surface area (Å²) in [6.45, 7) is 0.488. The van der Waals surface area contributed by atoms with Crippen LogP contribution in [-0.4, -0.2) is 27.6 Å². The third-order valence-corrected chi connectivity index (χ3v) is 4.74. The fraction of sp³-hybridized carbons (Fsp3) is 0.300. The van der Waals surface area contributed by atoms with E-state index in [2.05, 4.69) is 38.6 Å². The molecule has 1 N–H and O–H groups in total. The minimum absolute atomic E-state index is 0.0682. The lowest BCUT2D eigenvalue weighted by Gasteiger charge is -2.11. The molecule has 2 aromatic heterocycles. The number of hydrogen-bond donors (Lipinski definition) is 1. The van der Waals surface area contributed by atoms with Crippen LogP contribution in [0, 0.1) is 0 Å². The highest BCUT2D eigenvalue weighted by atomic mass is 16.5. The minimum atomic E-state index is 0.0682. The molecule has 6 nitrogen and oxygen atoms in total. The highest BCUT2D eigenvalue weighted by Gasteiger charge is 2.24. The molecule has 1 aliphatic rings. The fourth-order valence-corrected chi connectivity index (χ4v) is 3.43. The molecule has 26 heavy (non-hydrogen) atoms. The zero-order valence-corrected chi connectivity index (χ0v) is 14.4. The van der Waals surface area contributed by atoms with E-state index < -0.39 is 0 Å². The highest BCUT2D eigenvalue weighted by Crippen LogP contribution is 2.34. The molecule has 132 valence electrons. The van der Waals surface area contributed by atoms with Crippen LogP contribution < -0.4 is 5.32 Å². The van der Waals surface area contributed by atoms with Crippen LogP contribution in [0.15, 0.2) is 53.3 Å². The number of nitrogens with one attached hydrogen (secondary N) is 1. The van der Waals surface area contributed by atoms with Crippen molar-refractivity contribution in [3.05, 3.63) is 65.8 Å². The smallest absolute Gasteiger partial charge is 0.228 e. The maximum Gasteiger partial charge on any atom is 0.228 e. The van der Waals surface area contributed by atoms with Crippen LogP contribution in [0.1, 0.15) is 35.8 Å². The molecule has 1 unspecified atom stereocenters. The molecule has 0 aliphatic heterocycles. The number of rotatable bonds is 6. The minimum Gasteiger partial charge on any atom is -0.356 e. The summed E-state index contributed by atoms with van der Waals surface area (Å²) >= 11 is 0. The second-order valence-corrected chi connectivity index (χ2v) is 6.49. The van der Waals surface area contributed by atoms with Gasteiger partial charge in [-0.1, -0.05) is 29.4 Å². The predicted octanol–water partition coefficient (Wildman–Crippen LogP) is 2.91. The average molecular weight is 348 g/mol. The van der Waals surface area contributed by atoms with E-state index >= 15 is 0 Å². The van der Waals surface area contributed by atoms with Crippen LogP contribution in [0.25, 0.3) is 11.4 Å². The Kier molecular flexibility index (Phi) is 4.73. The van der Waals surface area contributed by atoms with Crippen molar-refractivity contribution in [3.8, 4) is 11.4 Å². The van der Waals surface area contributed by atoms with Gasteiger partial charge in [0.25, 0.3) is 0 Å². The maximum absolute atomic E-state index is 12.2. The molecule has 4 rings (SSSR count). The lowest BCUT2D eigenvalue weighted by Crippen LogP contribution is -2.26. The first-order valence-electron chi connectivity index (χ1n) is 8.87. The number of aromatic nitrogens is 3. The van der Waals surface area contributed by atoms with Crippen molar-refractivity contribution in [1.82, 2.24) is 20.4 Å². The largest absolute Gasteiger partial charge is 0.356 e. The zero-order valence-electron chi connectivity index (χ0n) is 14.4. The van der Waals surface area contributed by atoms with Gasteiger partial charge in [0.15, 0.2) is 0 Å². The standard InChI is InChI=1S/C20H20N4O2/c25-18(12-15-8-7-14-4-1-2-6-17(14)15)22-11-9-19-23-20(24-26-19)16-5-3-10-21-13-16/h1-6,10,13,15H,7-9,11-12H2,(H,22,25). The Morgan fingerprint density at radius 2 is 2.15 bits per heavy atom. The number of carbonyl (C=O) groups is 1. The van der Waals surface area contributed by atoms with Crippen LogP contribution in [0.4, 0.5) is 0 Å². The van der Waals surface area contributed by atoms with Crippen molar-refractivity contribution in [3.63, 3.8) is 0 Å². The Balaban J connectivity index is 1.26. The van der Waals surface area contributed by atoms with Crippen LogP contribution in [-0.2, 0) is 17.6 Å². The van der Waals surface area contributed by atoms with Gasteiger partial charge in [-0.2, -0.15) is 4.98 Å². The second kappa shape index (κ2) is 7.47. The van der Waals surface area contributed by atoms with E-state index in [0.29, 0.717) is 37.0 Å². The number of hydrogen-bond acceptors (Lipinski definition) is 5. The summed E-state index contributed by atoms with van der Waals surface area (Å²) in [6, 6.07) is 12.1. The summed E-state index contributed by atoms with van der Waals surface area (Å²) in [5, 5.41) is 6.91. The first kappa shape index (κ1) is 16.4. The van der Waals surface area contributed by atoms with Gasteiger partial charge < -0.3 is 9.84 Å². The Morgan fingerprint density at radius 3 is 3.04 bits per heavy atom. The number of fused-ring (bicyclic) bond motifs is 1. The van der Waals surface area contributed by atoms with Crippen molar-refractivity contribution >= 4 is 5.91 Å². The molecule has 1 aliphatic carbocycles. The maximum atomic E-state index is 12.2. The predicted molar refractivity (Wildman–Crippen MR) is 96.4 cm³/mol. The van der Waals surface area contributed by atoms with Crippen molar-refractivity contribution in [2.75, 3.05) is 6.54 Å². The summed E-state index contributed by atoms with van der Waals surface area (Å²) in [7, 11) is 0. The van der Waals surface area contributed by atoms with Crippen molar-refractivity contribution in [2.45, 2.75) is 31.6 Å². The van der Waals surface area contributed by atoms with E-state index in [4.69, 9.17) is 4.52 Å². The molecular weight excluding hydrogens is 328 g/mol. The lowest BCUT2D eigenvalue weighted by molar-refractivity contribution is -0.121. The second-order valence-electron chi connectivity index (χ2n) is 6.49. The summed E-state index contributed by atoms with van der Waals surface area (Å²) in [4.78, 5) is 20.6. The first-order chi connectivity index (χ1) is 12.8. The van der Waals surface area contributed by atoms with Crippen LogP contribution in [0.5, 0.6) is 0 Å². The third-order valence-electron chi connectivity index (χ3n) is 4.74. The van der Waals surface area contributed by atoms with Gasteiger partial charge in [-0.05, 0) is 42.0 Å². The highest BCUT2D eigenvalue weighted by molar-refractivity contribution is 5.77. The Hall–Kier alpha value is -3.02. The number of benzene rings is 1. The van der Waals surface area contributed by atoms with Crippen molar-refractivity contribution < 1.29 is 9.32 Å². The summed E-state index contributed by atoms with van der Waals surface area (Å²) in [5.41, 5.74) is 3.51. The number of carbonyl (C=O) groups excluding carboxylic acids is 1. The molecule has 0 saturated heterocycles. The Bertz CT molecular complexity index is 892. The normalized spacial score (nSPS) is 15.6. The molecule has 1 aromatic carbocycles. The topological polar surface area (TPSA) is 80.9 Å². The van der Waals surface area contributed by atoms with Gasteiger partial charge in [-0.3, -0.25) is 9.78 Å². The van der Waals surface area contributed by atoms with Crippen LogP contribution in [0.2, 0.25) is 0 Å². The Labute approximate surface area is 151 Å². The van der Waals surface area contributed by atoms with E-state index in [-0.39, 0.29) is 5.91 Å². The molecular formula is C20H20N4O2. The molecule has 0 bridgehead atoms. The molecule has 6 heteroatoms. The van der Waals surface area contributed by atoms with E-state index in [1.54, 1.807) is 12.4 Å². The van der Waals surface area contributed by atoms with Gasteiger partial charge in [0.05, 0.1) is 0 Å². The monoisotopic (exact) mass is 348 g/mol. The molecule has 0 fully saturated rings. The van der Waals surface area contributed by atoms with E-state index in [0.717, 1.165) is 18.4 Å². The van der Waals surface area contributed by atoms with Crippen molar-refractivity contribution in [1.29, 1.82) is 0 Å². The lowest BCUT2D eigenvalue weighted by atomic mass is 9.97. The Morgan fingerprint density at radius 1 is 1.23 bits per heavy atom. The number of nitrogens with zero attached hydrogens (tertiary/aromatic N) is 3. The van der Waals surface area contributed by atoms with Gasteiger partial charge in [0.1, 0.15) is 0 Å². The summed E-state index contributed by atoms with van der Waals surface area (Å²) in [5.74, 6) is 1.42. The molecule has 0 radical (unpaired) electrons. The zero-order chi connectivity index (χ0) is 17.8. The quantitative estimate of drug-likeness (QED) is 0.741.